The van der Waals surface area contributed by atoms with E-state index in [1.54, 1.807) is 23.7 Å². The lowest BCUT2D eigenvalue weighted by atomic mass is 10.1. The molecule has 3 heterocycles. The number of pyridine rings is 1. The van der Waals surface area contributed by atoms with E-state index in [0.717, 1.165) is 24.2 Å². The third-order valence-electron chi connectivity index (χ3n) is 4.49. The van der Waals surface area contributed by atoms with Gasteiger partial charge in [0.2, 0.25) is 0 Å². The number of hydrogen-bond donors (Lipinski definition) is 0. The van der Waals surface area contributed by atoms with E-state index in [4.69, 9.17) is 9.47 Å². The van der Waals surface area contributed by atoms with E-state index in [1.165, 1.54) is 0 Å². The van der Waals surface area contributed by atoms with Crippen molar-refractivity contribution in [2.75, 3.05) is 13.2 Å². The largest absolute Gasteiger partial charge is 0.486 e. The van der Waals surface area contributed by atoms with Gasteiger partial charge in [0.1, 0.15) is 18.0 Å². The highest BCUT2D eigenvalue weighted by Gasteiger charge is 2.45. The summed E-state index contributed by atoms with van der Waals surface area (Å²) < 4.78 is 12.0. The van der Waals surface area contributed by atoms with E-state index in [1.807, 2.05) is 33.9 Å². The predicted molar refractivity (Wildman–Crippen MR) is 86.8 cm³/mol. The van der Waals surface area contributed by atoms with Gasteiger partial charge in [-0.05, 0) is 36.4 Å². The minimum absolute atomic E-state index is 0.0257. The third-order valence-corrected chi connectivity index (χ3v) is 5.17. The molecule has 1 amide bonds. The summed E-state index contributed by atoms with van der Waals surface area (Å²) in [6.07, 6.45) is 5.14. The van der Waals surface area contributed by atoms with Crippen molar-refractivity contribution in [2.45, 2.75) is 31.1 Å². The van der Waals surface area contributed by atoms with E-state index >= 15 is 0 Å². The summed E-state index contributed by atoms with van der Waals surface area (Å²) in [6, 6.07) is 5.74. The molecule has 23 heavy (non-hydrogen) atoms. The van der Waals surface area contributed by atoms with E-state index in [2.05, 4.69) is 4.98 Å². The number of aromatic nitrogens is 1. The van der Waals surface area contributed by atoms with Crippen LogP contribution in [0.1, 0.15) is 23.2 Å². The van der Waals surface area contributed by atoms with E-state index in [-0.39, 0.29) is 24.2 Å². The van der Waals surface area contributed by atoms with Crippen LogP contribution in [0.25, 0.3) is 0 Å². The fraction of sp³-hybridized carbons (Fsp3) is 0.412. The zero-order chi connectivity index (χ0) is 15.6. The molecule has 1 aliphatic carbocycles. The van der Waals surface area contributed by atoms with Gasteiger partial charge in [0.05, 0.1) is 24.4 Å². The molecule has 120 valence electrons. The van der Waals surface area contributed by atoms with Gasteiger partial charge in [0.15, 0.2) is 0 Å². The van der Waals surface area contributed by atoms with Crippen LogP contribution in [0.3, 0.4) is 0 Å². The highest BCUT2D eigenvalue weighted by Crippen LogP contribution is 2.33. The zero-order valence-corrected chi connectivity index (χ0v) is 13.4. The molecular weight excluding hydrogens is 312 g/mol. The van der Waals surface area contributed by atoms with Crippen LogP contribution in [-0.2, 0) is 4.74 Å². The van der Waals surface area contributed by atoms with Crippen molar-refractivity contribution in [1.29, 1.82) is 0 Å². The molecule has 4 rings (SSSR count). The highest BCUT2D eigenvalue weighted by atomic mass is 32.1. The molecule has 1 saturated carbocycles. The molecule has 2 fully saturated rings. The molecule has 0 radical (unpaired) electrons. The molecule has 0 bridgehead atoms. The Hall–Kier alpha value is -1.92. The molecule has 2 aromatic heterocycles. The first-order valence-electron chi connectivity index (χ1n) is 7.84. The lowest BCUT2D eigenvalue weighted by molar-refractivity contribution is -0.0786. The number of morpholine rings is 1. The minimum Gasteiger partial charge on any atom is -0.486 e. The maximum Gasteiger partial charge on any atom is 0.255 e. The van der Waals surface area contributed by atoms with Gasteiger partial charge in [-0.15, -0.1) is 0 Å². The molecule has 3 atom stereocenters. The number of carbonyl (C=O) groups is 1. The maximum atomic E-state index is 12.7. The zero-order valence-electron chi connectivity index (χ0n) is 12.6. The first-order valence-corrected chi connectivity index (χ1v) is 8.78. The molecule has 0 unspecified atom stereocenters. The minimum atomic E-state index is -0.0634. The Kier molecular flexibility index (Phi) is 4.01. The Bertz CT molecular complexity index is 662. The monoisotopic (exact) mass is 330 g/mol. The van der Waals surface area contributed by atoms with E-state index in [0.29, 0.717) is 13.2 Å². The van der Waals surface area contributed by atoms with Gasteiger partial charge in [0.25, 0.3) is 5.91 Å². The van der Waals surface area contributed by atoms with Gasteiger partial charge in [-0.25, -0.2) is 0 Å². The summed E-state index contributed by atoms with van der Waals surface area (Å²) in [6.45, 7) is 1.21. The Morgan fingerprint density at radius 1 is 1.39 bits per heavy atom. The average molecular weight is 330 g/mol. The normalized spacial score (nSPS) is 26.8. The number of amides is 1. The first kappa shape index (κ1) is 14.7. The lowest BCUT2D eigenvalue weighted by Gasteiger charge is -2.38. The van der Waals surface area contributed by atoms with Gasteiger partial charge >= 0.3 is 0 Å². The second-order valence-corrected chi connectivity index (χ2v) is 6.62. The van der Waals surface area contributed by atoms with Crippen LogP contribution in [0.4, 0.5) is 0 Å². The third kappa shape index (κ3) is 2.84. The van der Waals surface area contributed by atoms with Crippen LogP contribution in [0.15, 0.2) is 41.4 Å². The maximum absolute atomic E-state index is 12.7. The number of ether oxygens (including phenoxy) is 2. The second-order valence-electron chi connectivity index (χ2n) is 5.84. The van der Waals surface area contributed by atoms with Gasteiger partial charge in [0, 0.05) is 18.1 Å². The first-order chi connectivity index (χ1) is 11.3. The summed E-state index contributed by atoms with van der Waals surface area (Å²) in [5, 5.41) is 3.85. The summed E-state index contributed by atoms with van der Waals surface area (Å²) in [7, 11) is 0. The van der Waals surface area contributed by atoms with Crippen molar-refractivity contribution in [2.24, 2.45) is 0 Å². The summed E-state index contributed by atoms with van der Waals surface area (Å²) in [5.74, 6) is 0.856. The van der Waals surface area contributed by atoms with Crippen molar-refractivity contribution in [3.63, 3.8) is 0 Å². The second kappa shape index (κ2) is 6.29. The molecule has 0 N–H and O–H groups in total. The van der Waals surface area contributed by atoms with Crippen molar-refractivity contribution in [3.05, 3.63) is 46.9 Å². The molecule has 0 aromatic carbocycles. The molecule has 1 saturated heterocycles. The average Bonchev–Trinajstić information content (AvgIpc) is 3.25. The number of hydrogen-bond acceptors (Lipinski definition) is 5. The number of carbonyl (C=O) groups excluding carboxylic acids is 1. The molecule has 6 heteroatoms. The molecular formula is C17H18N2O3S. The number of fused-ring (bicyclic) bond motifs is 1. The van der Waals surface area contributed by atoms with Crippen molar-refractivity contribution < 1.29 is 14.3 Å². The van der Waals surface area contributed by atoms with Crippen LogP contribution in [0.2, 0.25) is 0 Å². The van der Waals surface area contributed by atoms with Crippen LogP contribution < -0.4 is 4.74 Å². The van der Waals surface area contributed by atoms with Gasteiger partial charge in [-0.2, -0.15) is 11.3 Å². The van der Waals surface area contributed by atoms with Crippen LogP contribution in [0.5, 0.6) is 5.75 Å². The molecule has 2 aliphatic rings. The van der Waals surface area contributed by atoms with Gasteiger partial charge < -0.3 is 14.4 Å². The lowest BCUT2D eigenvalue weighted by Crippen LogP contribution is -2.54. The smallest absolute Gasteiger partial charge is 0.255 e. The van der Waals surface area contributed by atoms with Crippen molar-refractivity contribution in [3.8, 4) is 5.75 Å². The standard InChI is InChI=1S/C17H18N2O3S/c20-17(12-5-9-23-11-12)19-7-8-21-16-14(19)3-4-15(16)22-13-2-1-6-18-10-13/h1-2,5-6,9-11,14-16H,3-4,7-8H2/t14-,15-,16+/m0/s1. The van der Waals surface area contributed by atoms with Crippen molar-refractivity contribution in [1.82, 2.24) is 9.88 Å². The summed E-state index contributed by atoms with van der Waals surface area (Å²) in [5.41, 5.74) is 0.771. The summed E-state index contributed by atoms with van der Waals surface area (Å²) >= 11 is 1.55. The quantitative estimate of drug-likeness (QED) is 0.868. The summed E-state index contributed by atoms with van der Waals surface area (Å²) in [4.78, 5) is 18.7. The molecule has 2 aromatic rings. The number of thiophene rings is 1. The number of nitrogens with zero attached hydrogens (tertiary/aromatic N) is 2. The predicted octanol–water partition coefficient (Wildman–Crippen LogP) is 2.59. The van der Waals surface area contributed by atoms with Crippen LogP contribution in [0, 0.1) is 0 Å². The molecule has 1 aliphatic heterocycles. The van der Waals surface area contributed by atoms with Crippen LogP contribution >= 0.6 is 11.3 Å². The Balaban J connectivity index is 1.49. The Morgan fingerprint density at radius 3 is 3.13 bits per heavy atom. The van der Waals surface area contributed by atoms with E-state index in [9.17, 15) is 4.79 Å². The van der Waals surface area contributed by atoms with E-state index < -0.39 is 0 Å². The SMILES string of the molecule is O=C(c1ccsc1)N1CCO[C@H]2[C@@H](Oc3cccnc3)CC[C@@H]21. The van der Waals surface area contributed by atoms with Crippen LogP contribution in [-0.4, -0.2) is 47.2 Å². The highest BCUT2D eigenvalue weighted by molar-refractivity contribution is 7.08. The molecule has 5 nitrogen and oxygen atoms in total. The van der Waals surface area contributed by atoms with Crippen molar-refractivity contribution >= 4 is 17.2 Å². The fourth-order valence-electron chi connectivity index (χ4n) is 3.44. The Labute approximate surface area is 138 Å². The molecule has 0 spiro atoms. The van der Waals surface area contributed by atoms with Gasteiger partial charge in [-0.3, -0.25) is 9.78 Å². The fourth-order valence-corrected chi connectivity index (χ4v) is 4.07. The number of rotatable bonds is 3. The van der Waals surface area contributed by atoms with Gasteiger partial charge in [-0.1, -0.05) is 0 Å². The topological polar surface area (TPSA) is 51.7 Å². The Morgan fingerprint density at radius 2 is 2.35 bits per heavy atom.